The van der Waals surface area contributed by atoms with Gasteiger partial charge in [-0.05, 0) is 44.7 Å². The minimum Gasteiger partial charge on any atom is -0.448 e. The van der Waals surface area contributed by atoms with E-state index in [1.807, 2.05) is 13.0 Å². The van der Waals surface area contributed by atoms with Crippen LogP contribution < -0.4 is 5.32 Å². The number of carbonyl (C=O) groups is 2. The Hall–Kier alpha value is -1.36. The normalized spacial score (nSPS) is 15.0. The lowest BCUT2D eigenvalue weighted by molar-refractivity contribution is -0.128. The van der Waals surface area contributed by atoms with E-state index in [1.54, 1.807) is 6.92 Å². The molecule has 1 aliphatic rings. The molecule has 0 saturated heterocycles. The Kier molecular flexibility index (Phi) is 4.01. The minimum atomic E-state index is -0.741. The number of amides is 1. The third-order valence-corrected chi connectivity index (χ3v) is 4.17. The van der Waals surface area contributed by atoms with E-state index < -0.39 is 12.1 Å². The van der Waals surface area contributed by atoms with Crippen LogP contribution in [0.25, 0.3) is 0 Å². The summed E-state index contributed by atoms with van der Waals surface area (Å²) in [7, 11) is 0. The Morgan fingerprint density at radius 1 is 1.50 bits per heavy atom. The van der Waals surface area contributed by atoms with Crippen LogP contribution in [0, 0.1) is 0 Å². The largest absolute Gasteiger partial charge is 0.448 e. The number of ether oxygens (including phenoxy) is 1. The highest BCUT2D eigenvalue weighted by atomic mass is 32.1. The van der Waals surface area contributed by atoms with Crippen LogP contribution >= 0.6 is 11.3 Å². The second-order valence-corrected chi connectivity index (χ2v) is 5.49. The van der Waals surface area contributed by atoms with E-state index in [2.05, 4.69) is 5.32 Å². The van der Waals surface area contributed by atoms with Gasteiger partial charge in [-0.2, -0.15) is 0 Å². The fraction of sp³-hybridized carbons (Fsp3) is 0.538. The average molecular weight is 267 g/mol. The first kappa shape index (κ1) is 13.1. The first-order chi connectivity index (χ1) is 8.61. The molecule has 2 rings (SSSR count). The van der Waals surface area contributed by atoms with Gasteiger partial charge in [-0.1, -0.05) is 0 Å². The molecule has 0 radical (unpaired) electrons. The Balaban J connectivity index is 1.97. The van der Waals surface area contributed by atoms with Crippen LogP contribution in [0.3, 0.4) is 0 Å². The summed E-state index contributed by atoms with van der Waals surface area (Å²) < 4.78 is 5.15. The summed E-state index contributed by atoms with van der Waals surface area (Å²) in [5, 5.41) is 2.63. The van der Waals surface area contributed by atoms with Crippen LogP contribution in [0.5, 0.6) is 0 Å². The number of esters is 1. The Labute approximate surface area is 110 Å². The zero-order chi connectivity index (χ0) is 13.1. The van der Waals surface area contributed by atoms with E-state index in [9.17, 15) is 9.59 Å². The topological polar surface area (TPSA) is 55.4 Å². The molecule has 18 heavy (non-hydrogen) atoms. The molecule has 1 heterocycles. The number of thiophene rings is 1. The van der Waals surface area contributed by atoms with E-state index in [1.165, 1.54) is 28.2 Å². The number of likely N-dealkylation sites (N-methyl/N-ethyl adjacent to an activating group) is 1. The summed E-state index contributed by atoms with van der Waals surface area (Å²) in [5.74, 6) is -0.650. The monoisotopic (exact) mass is 267 g/mol. The predicted octanol–water partition coefficient (Wildman–Crippen LogP) is 1.92. The van der Waals surface area contributed by atoms with Crippen LogP contribution in [0.1, 0.15) is 40.4 Å². The third-order valence-electron chi connectivity index (χ3n) is 2.95. The highest BCUT2D eigenvalue weighted by Crippen LogP contribution is 2.31. The molecular formula is C13H17NO3S. The van der Waals surface area contributed by atoms with Crippen molar-refractivity contribution in [3.63, 3.8) is 0 Å². The quantitative estimate of drug-likeness (QED) is 0.848. The summed E-state index contributed by atoms with van der Waals surface area (Å²) in [5.41, 5.74) is 1.26. The van der Waals surface area contributed by atoms with Gasteiger partial charge in [0.1, 0.15) is 4.88 Å². The van der Waals surface area contributed by atoms with Crippen molar-refractivity contribution in [3.05, 3.63) is 21.4 Å². The number of aryl methyl sites for hydroxylation is 2. The van der Waals surface area contributed by atoms with Crippen LogP contribution in [0.4, 0.5) is 0 Å². The van der Waals surface area contributed by atoms with Crippen molar-refractivity contribution >= 4 is 23.2 Å². The fourth-order valence-electron chi connectivity index (χ4n) is 2.02. The molecule has 0 bridgehead atoms. The molecule has 1 N–H and O–H groups in total. The second-order valence-electron chi connectivity index (χ2n) is 4.35. The summed E-state index contributed by atoms with van der Waals surface area (Å²) in [6.07, 6.45) is 2.53. The van der Waals surface area contributed by atoms with Gasteiger partial charge in [-0.15, -0.1) is 11.3 Å². The molecule has 0 saturated carbocycles. The first-order valence-electron chi connectivity index (χ1n) is 6.22. The van der Waals surface area contributed by atoms with Crippen molar-refractivity contribution in [2.24, 2.45) is 0 Å². The molecule has 4 nitrogen and oxygen atoms in total. The molecule has 1 aliphatic carbocycles. The molecular weight excluding hydrogens is 250 g/mol. The lowest BCUT2D eigenvalue weighted by Crippen LogP contribution is -2.35. The van der Waals surface area contributed by atoms with E-state index in [-0.39, 0.29) is 5.91 Å². The molecule has 0 unspecified atom stereocenters. The number of rotatable bonds is 4. The smallest absolute Gasteiger partial charge is 0.349 e. The molecule has 98 valence electrons. The molecule has 0 fully saturated rings. The maximum atomic E-state index is 11.9. The summed E-state index contributed by atoms with van der Waals surface area (Å²) in [6, 6.07) is 1.90. The van der Waals surface area contributed by atoms with Gasteiger partial charge in [0.15, 0.2) is 6.10 Å². The van der Waals surface area contributed by atoms with Gasteiger partial charge in [0.05, 0.1) is 0 Å². The first-order valence-corrected chi connectivity index (χ1v) is 7.03. The zero-order valence-electron chi connectivity index (χ0n) is 10.6. The molecule has 5 heteroatoms. The highest BCUT2D eigenvalue weighted by Gasteiger charge is 2.22. The van der Waals surface area contributed by atoms with Gasteiger partial charge in [0, 0.05) is 11.4 Å². The van der Waals surface area contributed by atoms with Crippen molar-refractivity contribution in [2.75, 3.05) is 6.54 Å². The number of hydrogen-bond donors (Lipinski definition) is 1. The standard InChI is InChI=1S/C13H17NO3S/c1-3-14-12(15)8(2)17-13(16)11-7-9-5-4-6-10(9)18-11/h7-8H,3-6H2,1-2H3,(H,14,15)/t8-/m1/s1. The number of carbonyl (C=O) groups excluding carboxylic acids is 2. The molecule has 0 aromatic carbocycles. The van der Waals surface area contributed by atoms with Gasteiger partial charge in [-0.25, -0.2) is 4.79 Å². The van der Waals surface area contributed by atoms with E-state index in [0.717, 1.165) is 12.8 Å². The van der Waals surface area contributed by atoms with Crippen LogP contribution in [0.2, 0.25) is 0 Å². The SMILES string of the molecule is CCNC(=O)[C@@H](C)OC(=O)c1cc2c(s1)CCC2. The third kappa shape index (κ3) is 2.72. The lowest BCUT2D eigenvalue weighted by Gasteiger charge is -2.11. The Bertz CT molecular complexity index is 445. The second kappa shape index (κ2) is 5.52. The maximum Gasteiger partial charge on any atom is 0.349 e. The van der Waals surface area contributed by atoms with Gasteiger partial charge in [-0.3, -0.25) is 4.79 Å². The number of hydrogen-bond acceptors (Lipinski definition) is 4. The summed E-state index contributed by atoms with van der Waals surface area (Å²) in [4.78, 5) is 25.2. The highest BCUT2D eigenvalue weighted by molar-refractivity contribution is 7.14. The molecule has 1 aromatic heterocycles. The zero-order valence-corrected chi connectivity index (χ0v) is 11.4. The van der Waals surface area contributed by atoms with Crippen LogP contribution in [-0.2, 0) is 22.4 Å². The van der Waals surface area contributed by atoms with Gasteiger partial charge < -0.3 is 10.1 Å². The lowest BCUT2D eigenvalue weighted by atomic mass is 10.2. The van der Waals surface area contributed by atoms with Crippen molar-refractivity contribution in [1.82, 2.24) is 5.32 Å². The van der Waals surface area contributed by atoms with Crippen molar-refractivity contribution in [2.45, 2.75) is 39.2 Å². The Morgan fingerprint density at radius 3 is 2.94 bits per heavy atom. The van der Waals surface area contributed by atoms with Gasteiger partial charge in [0.25, 0.3) is 5.91 Å². The van der Waals surface area contributed by atoms with E-state index in [0.29, 0.717) is 11.4 Å². The maximum absolute atomic E-state index is 11.9. The molecule has 1 aromatic rings. The van der Waals surface area contributed by atoms with E-state index in [4.69, 9.17) is 4.74 Å². The van der Waals surface area contributed by atoms with Gasteiger partial charge in [0.2, 0.25) is 0 Å². The average Bonchev–Trinajstić information content (AvgIpc) is 2.88. The van der Waals surface area contributed by atoms with Crippen molar-refractivity contribution in [1.29, 1.82) is 0 Å². The predicted molar refractivity (Wildman–Crippen MR) is 69.9 cm³/mol. The molecule has 1 amide bonds. The van der Waals surface area contributed by atoms with Crippen LogP contribution in [0.15, 0.2) is 6.07 Å². The molecule has 1 atom stereocenters. The molecule has 0 aliphatic heterocycles. The van der Waals surface area contributed by atoms with Crippen molar-refractivity contribution < 1.29 is 14.3 Å². The summed E-state index contributed by atoms with van der Waals surface area (Å²) >= 11 is 1.49. The van der Waals surface area contributed by atoms with Crippen LogP contribution in [-0.4, -0.2) is 24.5 Å². The number of fused-ring (bicyclic) bond motifs is 1. The summed E-state index contributed by atoms with van der Waals surface area (Å²) in [6.45, 7) is 3.95. The molecule has 0 spiro atoms. The number of nitrogens with one attached hydrogen (secondary N) is 1. The Morgan fingerprint density at radius 2 is 2.28 bits per heavy atom. The van der Waals surface area contributed by atoms with E-state index >= 15 is 0 Å². The van der Waals surface area contributed by atoms with Crippen molar-refractivity contribution in [3.8, 4) is 0 Å². The fourth-order valence-corrected chi connectivity index (χ4v) is 3.16. The van der Waals surface area contributed by atoms with Gasteiger partial charge >= 0.3 is 5.97 Å². The minimum absolute atomic E-state index is 0.255.